The van der Waals surface area contributed by atoms with Crippen LogP contribution in [0.1, 0.15) is 17.4 Å². The van der Waals surface area contributed by atoms with Crippen LogP contribution in [0.2, 0.25) is 0 Å². The number of para-hydroxylation sites is 3. The molecule has 0 aliphatic rings. The van der Waals surface area contributed by atoms with E-state index >= 15 is 0 Å². The molecule has 8 aromatic carbocycles. The molecule has 2 aromatic heterocycles. The molecule has 2 heterocycles. The number of nitrogens with zero attached hydrogens (tertiary/aromatic N) is 2. The van der Waals surface area contributed by atoms with E-state index in [4.69, 9.17) is 0 Å². The molecule has 10 rings (SSSR count). The minimum atomic E-state index is 1.10. The van der Waals surface area contributed by atoms with Gasteiger partial charge in [-0.05, 0) is 82.7 Å². The van der Waals surface area contributed by atoms with Crippen LogP contribution in [0, 0.1) is 0 Å². The van der Waals surface area contributed by atoms with Crippen molar-refractivity contribution in [2.45, 2.75) is 6.92 Å². The monoisotopic (exact) mass is 708 g/mol. The van der Waals surface area contributed by atoms with Gasteiger partial charge in [0.05, 0.1) is 16.7 Å². The summed E-state index contributed by atoms with van der Waals surface area (Å²) in [5, 5.41) is 8.66. The second-order valence-electron chi connectivity index (χ2n) is 13.7. The minimum Gasteiger partial charge on any atom is -0.310 e. The Hall–Kier alpha value is -6.68. The Kier molecular flexibility index (Phi) is 7.75. The number of thiophene rings is 1. The maximum absolute atomic E-state index is 4.15. The van der Waals surface area contributed by atoms with Crippen LogP contribution in [0.15, 0.2) is 183 Å². The van der Waals surface area contributed by atoms with Gasteiger partial charge in [0.25, 0.3) is 0 Å². The fourth-order valence-corrected chi connectivity index (χ4v) is 9.39. The number of aromatic nitrogens is 1. The van der Waals surface area contributed by atoms with E-state index in [0.717, 1.165) is 28.3 Å². The van der Waals surface area contributed by atoms with Gasteiger partial charge in [-0.15, -0.1) is 11.3 Å². The molecule has 0 amide bonds. The highest BCUT2D eigenvalue weighted by Crippen LogP contribution is 2.46. The van der Waals surface area contributed by atoms with Crippen molar-refractivity contribution >= 4 is 94.0 Å². The smallest absolute Gasteiger partial charge is 0.0619 e. The van der Waals surface area contributed by atoms with E-state index in [1.165, 1.54) is 69.4 Å². The Morgan fingerprint density at radius 2 is 1.28 bits per heavy atom. The first-order valence-electron chi connectivity index (χ1n) is 18.4. The van der Waals surface area contributed by atoms with E-state index in [1.807, 2.05) is 6.08 Å². The fourth-order valence-electron chi connectivity index (χ4n) is 8.31. The van der Waals surface area contributed by atoms with Crippen molar-refractivity contribution in [3.63, 3.8) is 0 Å². The number of fused-ring (bicyclic) bond motifs is 7. The van der Waals surface area contributed by atoms with Gasteiger partial charge in [-0.3, -0.25) is 0 Å². The lowest BCUT2D eigenvalue weighted by Gasteiger charge is -2.28. The number of rotatable bonds is 7. The van der Waals surface area contributed by atoms with E-state index in [-0.39, 0.29) is 0 Å². The molecule has 0 saturated heterocycles. The number of allylic oxidation sites excluding steroid dienone is 1. The van der Waals surface area contributed by atoms with Crippen molar-refractivity contribution < 1.29 is 0 Å². The zero-order chi connectivity index (χ0) is 36.2. The third kappa shape index (κ3) is 5.08. The molecule has 0 radical (unpaired) electrons. The molecule has 0 aliphatic carbocycles. The summed E-state index contributed by atoms with van der Waals surface area (Å²) in [6, 6.07) is 62.1. The molecule has 0 saturated carbocycles. The second kappa shape index (κ2) is 13.1. The molecule has 3 heteroatoms. The topological polar surface area (TPSA) is 8.17 Å². The molecule has 0 fully saturated rings. The average molecular weight is 709 g/mol. The van der Waals surface area contributed by atoms with E-state index in [0.29, 0.717) is 0 Å². The predicted molar refractivity (Wildman–Crippen MR) is 236 cm³/mol. The van der Waals surface area contributed by atoms with E-state index in [2.05, 4.69) is 205 Å². The van der Waals surface area contributed by atoms with Gasteiger partial charge in [0.1, 0.15) is 0 Å². The van der Waals surface area contributed by atoms with Crippen LogP contribution < -0.4 is 4.90 Å². The lowest BCUT2D eigenvalue weighted by atomic mass is 9.98. The normalized spacial score (nSPS) is 11.8. The average Bonchev–Trinajstić information content (AvgIpc) is 3.76. The number of hydrogen-bond acceptors (Lipinski definition) is 2. The Balaban J connectivity index is 1.25. The second-order valence-corrected chi connectivity index (χ2v) is 14.8. The van der Waals surface area contributed by atoms with Crippen molar-refractivity contribution in [3.8, 4) is 16.8 Å². The number of benzene rings is 8. The molecule has 0 bridgehead atoms. The van der Waals surface area contributed by atoms with Gasteiger partial charge in [-0.2, -0.15) is 0 Å². The maximum Gasteiger partial charge on any atom is 0.0619 e. The Morgan fingerprint density at radius 3 is 2.11 bits per heavy atom. The minimum absolute atomic E-state index is 1.10. The van der Waals surface area contributed by atoms with Crippen LogP contribution in [-0.2, 0) is 0 Å². The Morgan fingerprint density at radius 1 is 0.574 bits per heavy atom. The van der Waals surface area contributed by atoms with Crippen molar-refractivity contribution in [2.24, 2.45) is 0 Å². The molecule has 256 valence electrons. The molecule has 0 aliphatic heterocycles. The van der Waals surface area contributed by atoms with Crippen LogP contribution in [0.25, 0.3) is 82.4 Å². The summed E-state index contributed by atoms with van der Waals surface area (Å²) in [5.74, 6) is 0. The predicted octanol–water partition coefficient (Wildman–Crippen LogP) is 15.1. The van der Waals surface area contributed by atoms with Gasteiger partial charge in [0.2, 0.25) is 0 Å². The summed E-state index contributed by atoms with van der Waals surface area (Å²) in [7, 11) is 0. The highest BCUT2D eigenvalue weighted by atomic mass is 32.1. The SMILES string of the molecule is C=Cc1sc2cc(N(c3cccc(-c4cccc5c6ccccc6n(-c6ccccc6)c45)c3)c3cc4ccccc4c4ccccc34)ccc2c1/C=C\C. The van der Waals surface area contributed by atoms with Gasteiger partial charge in [0.15, 0.2) is 0 Å². The lowest BCUT2D eigenvalue weighted by molar-refractivity contribution is 1.18. The lowest BCUT2D eigenvalue weighted by Crippen LogP contribution is -2.11. The van der Waals surface area contributed by atoms with Crippen LogP contribution >= 0.6 is 11.3 Å². The van der Waals surface area contributed by atoms with E-state index in [1.54, 1.807) is 11.3 Å². The Bertz CT molecular complexity index is 3090. The molecule has 10 aromatic rings. The molecule has 0 N–H and O–H groups in total. The van der Waals surface area contributed by atoms with Crippen LogP contribution in [0.3, 0.4) is 0 Å². The first-order valence-corrected chi connectivity index (χ1v) is 19.2. The zero-order valence-corrected chi connectivity index (χ0v) is 30.7. The van der Waals surface area contributed by atoms with E-state index < -0.39 is 0 Å². The molecular weight excluding hydrogens is 673 g/mol. The molecule has 0 unspecified atom stereocenters. The number of anilines is 3. The first kappa shape index (κ1) is 32.0. The van der Waals surface area contributed by atoms with Crippen molar-refractivity contribution in [1.29, 1.82) is 0 Å². The largest absolute Gasteiger partial charge is 0.310 e. The maximum atomic E-state index is 4.15. The molecule has 0 spiro atoms. The number of hydrogen-bond donors (Lipinski definition) is 0. The van der Waals surface area contributed by atoms with E-state index in [9.17, 15) is 0 Å². The summed E-state index contributed by atoms with van der Waals surface area (Å²) in [5.41, 5.74) is 10.5. The summed E-state index contributed by atoms with van der Waals surface area (Å²) in [4.78, 5) is 3.64. The molecule has 54 heavy (non-hydrogen) atoms. The third-order valence-electron chi connectivity index (χ3n) is 10.6. The van der Waals surface area contributed by atoms with Crippen LogP contribution in [0.5, 0.6) is 0 Å². The third-order valence-corrected chi connectivity index (χ3v) is 11.8. The van der Waals surface area contributed by atoms with Gasteiger partial charge in [0, 0.05) is 53.7 Å². The van der Waals surface area contributed by atoms with Crippen molar-refractivity contribution in [3.05, 3.63) is 193 Å². The summed E-state index contributed by atoms with van der Waals surface area (Å²) in [6.07, 6.45) is 6.29. The van der Waals surface area contributed by atoms with Gasteiger partial charge < -0.3 is 9.47 Å². The fraction of sp³-hybridized carbons (Fsp3) is 0.0196. The zero-order valence-electron chi connectivity index (χ0n) is 29.9. The van der Waals surface area contributed by atoms with Crippen molar-refractivity contribution in [1.82, 2.24) is 4.57 Å². The Labute approximate surface area is 318 Å². The molecular formula is C51H36N2S. The summed E-state index contributed by atoms with van der Waals surface area (Å²) in [6.45, 7) is 6.22. The highest BCUT2D eigenvalue weighted by Gasteiger charge is 2.21. The molecule has 2 nitrogen and oxygen atoms in total. The summed E-state index contributed by atoms with van der Waals surface area (Å²) >= 11 is 1.80. The van der Waals surface area contributed by atoms with Gasteiger partial charge >= 0.3 is 0 Å². The van der Waals surface area contributed by atoms with Gasteiger partial charge in [-0.1, -0.05) is 146 Å². The molecule has 0 atom stereocenters. The first-order chi connectivity index (χ1) is 26.7. The summed E-state index contributed by atoms with van der Waals surface area (Å²) < 4.78 is 3.66. The van der Waals surface area contributed by atoms with Crippen LogP contribution in [-0.4, -0.2) is 4.57 Å². The standard InChI is InChI=1S/C51H36N2S/c1-3-16-44-45-30-29-38(33-50(45)54-49(44)4-2)52(48-32-35-17-8-9-22-39(35)41-23-10-11-24-42(41)48)37-21-14-18-34(31-37)40-26-15-27-46-43-25-12-13-28-47(43)53(51(40)46)36-19-6-5-7-20-36/h3-33H,2H2,1H3/b16-3-. The quantitative estimate of drug-likeness (QED) is 0.150. The van der Waals surface area contributed by atoms with Crippen molar-refractivity contribution in [2.75, 3.05) is 4.90 Å². The highest BCUT2D eigenvalue weighted by molar-refractivity contribution is 7.20. The van der Waals surface area contributed by atoms with Gasteiger partial charge in [-0.25, -0.2) is 0 Å². The van der Waals surface area contributed by atoms with Crippen LogP contribution in [0.4, 0.5) is 17.1 Å².